The standard InChI is InChI=1S/C14H22N2O2S/c1-3-11(4-2)16-19(17,18)14-9-5-8-13-12(14)7-6-10-15-13/h5,8-9,11,15-16H,3-4,6-7,10H2,1-2H3. The third-order valence-electron chi connectivity index (χ3n) is 3.65. The van der Waals surface area contributed by atoms with Gasteiger partial charge in [-0.15, -0.1) is 0 Å². The van der Waals surface area contributed by atoms with Crippen molar-refractivity contribution in [3.8, 4) is 0 Å². The lowest BCUT2D eigenvalue weighted by Crippen LogP contribution is -2.34. The van der Waals surface area contributed by atoms with Crippen molar-refractivity contribution in [2.45, 2.75) is 50.5 Å². The Morgan fingerprint density at radius 2 is 2.05 bits per heavy atom. The highest BCUT2D eigenvalue weighted by molar-refractivity contribution is 7.89. The van der Waals surface area contributed by atoms with Crippen molar-refractivity contribution >= 4 is 15.7 Å². The predicted molar refractivity (Wildman–Crippen MR) is 77.9 cm³/mol. The maximum Gasteiger partial charge on any atom is 0.241 e. The van der Waals surface area contributed by atoms with E-state index in [1.807, 2.05) is 19.9 Å². The summed E-state index contributed by atoms with van der Waals surface area (Å²) in [5.41, 5.74) is 1.88. The second kappa shape index (κ2) is 5.92. The van der Waals surface area contributed by atoms with Crippen molar-refractivity contribution in [2.24, 2.45) is 0 Å². The third-order valence-corrected chi connectivity index (χ3v) is 5.25. The molecule has 0 fully saturated rings. The van der Waals surface area contributed by atoms with Crippen molar-refractivity contribution in [3.05, 3.63) is 23.8 Å². The molecule has 1 aliphatic heterocycles. The number of hydrogen-bond donors (Lipinski definition) is 2. The van der Waals surface area contributed by atoms with Gasteiger partial charge in [0.15, 0.2) is 0 Å². The zero-order valence-electron chi connectivity index (χ0n) is 11.6. The van der Waals surface area contributed by atoms with Gasteiger partial charge in [-0.3, -0.25) is 0 Å². The van der Waals surface area contributed by atoms with Crippen LogP contribution in [-0.4, -0.2) is 21.0 Å². The van der Waals surface area contributed by atoms with Gasteiger partial charge in [0.25, 0.3) is 0 Å². The topological polar surface area (TPSA) is 58.2 Å². The molecule has 1 heterocycles. The number of fused-ring (bicyclic) bond motifs is 1. The zero-order chi connectivity index (χ0) is 13.9. The summed E-state index contributed by atoms with van der Waals surface area (Å²) in [5.74, 6) is 0. The Morgan fingerprint density at radius 1 is 1.32 bits per heavy atom. The van der Waals surface area contributed by atoms with Crippen molar-refractivity contribution in [1.82, 2.24) is 4.72 Å². The third kappa shape index (κ3) is 3.09. The smallest absolute Gasteiger partial charge is 0.241 e. The average Bonchev–Trinajstić information content (AvgIpc) is 2.44. The van der Waals surface area contributed by atoms with Gasteiger partial charge < -0.3 is 5.32 Å². The average molecular weight is 282 g/mol. The number of nitrogens with one attached hydrogen (secondary N) is 2. The molecule has 0 radical (unpaired) electrons. The summed E-state index contributed by atoms with van der Waals surface area (Å²) in [5, 5.41) is 3.26. The molecule has 0 atom stereocenters. The largest absolute Gasteiger partial charge is 0.385 e. The molecule has 1 aromatic rings. The molecular weight excluding hydrogens is 260 g/mol. The van der Waals surface area contributed by atoms with Crippen LogP contribution in [-0.2, 0) is 16.4 Å². The molecule has 0 aromatic heterocycles. The highest BCUT2D eigenvalue weighted by atomic mass is 32.2. The van der Waals surface area contributed by atoms with Crippen LogP contribution >= 0.6 is 0 Å². The van der Waals surface area contributed by atoms with Crippen LogP contribution in [0.3, 0.4) is 0 Å². The molecule has 2 N–H and O–H groups in total. The molecule has 5 heteroatoms. The minimum atomic E-state index is -3.42. The molecule has 106 valence electrons. The van der Waals surface area contributed by atoms with Gasteiger partial charge in [0.1, 0.15) is 0 Å². The molecule has 0 bridgehead atoms. The molecular formula is C14H22N2O2S. The molecule has 0 amide bonds. The van der Waals surface area contributed by atoms with Crippen molar-refractivity contribution in [1.29, 1.82) is 0 Å². The fourth-order valence-electron chi connectivity index (χ4n) is 2.47. The molecule has 2 rings (SSSR count). The van der Waals surface area contributed by atoms with E-state index in [9.17, 15) is 8.42 Å². The maximum atomic E-state index is 12.5. The Morgan fingerprint density at radius 3 is 2.74 bits per heavy atom. The summed E-state index contributed by atoms with van der Waals surface area (Å²) in [6.07, 6.45) is 3.42. The summed E-state index contributed by atoms with van der Waals surface area (Å²) in [4.78, 5) is 0.434. The minimum Gasteiger partial charge on any atom is -0.385 e. The van der Waals surface area contributed by atoms with E-state index in [-0.39, 0.29) is 6.04 Å². The van der Waals surface area contributed by atoms with Crippen LogP contribution in [0.2, 0.25) is 0 Å². The van der Waals surface area contributed by atoms with Gasteiger partial charge in [-0.1, -0.05) is 19.9 Å². The molecule has 1 aromatic carbocycles. The molecule has 0 aliphatic carbocycles. The Balaban J connectivity index is 2.35. The van der Waals surface area contributed by atoms with E-state index in [0.717, 1.165) is 43.5 Å². The summed E-state index contributed by atoms with van der Waals surface area (Å²) >= 11 is 0. The van der Waals surface area contributed by atoms with Gasteiger partial charge in [0.2, 0.25) is 10.0 Å². The quantitative estimate of drug-likeness (QED) is 0.872. The Hall–Kier alpha value is -1.07. The first kappa shape index (κ1) is 14.3. The van der Waals surface area contributed by atoms with E-state index in [1.165, 1.54) is 0 Å². The number of hydrogen-bond acceptors (Lipinski definition) is 3. The SMILES string of the molecule is CCC(CC)NS(=O)(=O)c1cccc2c1CCCN2. The Bertz CT molecular complexity index is 536. The zero-order valence-corrected chi connectivity index (χ0v) is 12.4. The molecule has 0 saturated carbocycles. The van der Waals surface area contributed by atoms with E-state index in [4.69, 9.17) is 0 Å². The number of anilines is 1. The second-order valence-corrected chi connectivity index (χ2v) is 6.63. The maximum absolute atomic E-state index is 12.5. The lowest BCUT2D eigenvalue weighted by atomic mass is 10.0. The van der Waals surface area contributed by atoms with Gasteiger partial charge in [-0.25, -0.2) is 13.1 Å². The molecule has 0 unspecified atom stereocenters. The Kier molecular flexibility index (Phi) is 4.47. The monoisotopic (exact) mass is 282 g/mol. The van der Waals surface area contributed by atoms with Crippen LogP contribution in [0.15, 0.2) is 23.1 Å². The minimum absolute atomic E-state index is 0.0115. The highest BCUT2D eigenvalue weighted by Gasteiger charge is 2.24. The molecule has 0 saturated heterocycles. The molecule has 1 aliphatic rings. The van der Waals surface area contributed by atoms with E-state index in [0.29, 0.717) is 4.90 Å². The van der Waals surface area contributed by atoms with Crippen LogP contribution in [0, 0.1) is 0 Å². The second-order valence-electron chi connectivity index (χ2n) is 4.95. The first-order valence-electron chi connectivity index (χ1n) is 6.96. The van der Waals surface area contributed by atoms with Gasteiger partial charge in [0, 0.05) is 18.3 Å². The lowest BCUT2D eigenvalue weighted by molar-refractivity contribution is 0.529. The fraction of sp³-hybridized carbons (Fsp3) is 0.571. The molecule has 19 heavy (non-hydrogen) atoms. The summed E-state index contributed by atoms with van der Waals surface area (Å²) in [7, 11) is -3.42. The van der Waals surface area contributed by atoms with Gasteiger partial charge in [-0.05, 0) is 43.4 Å². The van der Waals surface area contributed by atoms with Gasteiger partial charge in [-0.2, -0.15) is 0 Å². The van der Waals surface area contributed by atoms with Crippen LogP contribution < -0.4 is 10.0 Å². The predicted octanol–water partition coefficient (Wildman–Crippen LogP) is 2.51. The van der Waals surface area contributed by atoms with Crippen LogP contribution in [0.1, 0.15) is 38.7 Å². The van der Waals surface area contributed by atoms with Crippen LogP contribution in [0.25, 0.3) is 0 Å². The van der Waals surface area contributed by atoms with Crippen molar-refractivity contribution in [3.63, 3.8) is 0 Å². The van der Waals surface area contributed by atoms with E-state index < -0.39 is 10.0 Å². The summed E-state index contributed by atoms with van der Waals surface area (Å²) in [6.45, 7) is 4.91. The van der Waals surface area contributed by atoms with E-state index in [2.05, 4.69) is 10.0 Å². The van der Waals surface area contributed by atoms with Crippen molar-refractivity contribution < 1.29 is 8.42 Å². The fourth-order valence-corrected chi connectivity index (χ4v) is 4.16. The van der Waals surface area contributed by atoms with E-state index >= 15 is 0 Å². The summed E-state index contributed by atoms with van der Waals surface area (Å²) < 4.78 is 27.8. The first-order chi connectivity index (χ1) is 9.08. The summed E-state index contributed by atoms with van der Waals surface area (Å²) in [6, 6.07) is 5.47. The van der Waals surface area contributed by atoms with Crippen molar-refractivity contribution in [2.75, 3.05) is 11.9 Å². The lowest BCUT2D eigenvalue weighted by Gasteiger charge is -2.22. The normalized spacial score (nSPS) is 15.1. The number of sulfonamides is 1. The van der Waals surface area contributed by atoms with Crippen LogP contribution in [0.4, 0.5) is 5.69 Å². The van der Waals surface area contributed by atoms with Gasteiger partial charge >= 0.3 is 0 Å². The molecule has 4 nitrogen and oxygen atoms in total. The van der Waals surface area contributed by atoms with Crippen LogP contribution in [0.5, 0.6) is 0 Å². The first-order valence-corrected chi connectivity index (χ1v) is 8.45. The Labute approximate surface area is 115 Å². The van der Waals surface area contributed by atoms with Gasteiger partial charge in [0.05, 0.1) is 4.90 Å². The number of benzene rings is 1. The highest BCUT2D eigenvalue weighted by Crippen LogP contribution is 2.28. The van der Waals surface area contributed by atoms with E-state index in [1.54, 1.807) is 12.1 Å². The molecule has 0 spiro atoms. The number of rotatable bonds is 5.